The normalized spacial score (nSPS) is 17.2. The lowest BCUT2D eigenvalue weighted by Gasteiger charge is -2.32. The third kappa shape index (κ3) is 7.78. The number of ether oxygens (including phenoxy) is 1. The quantitative estimate of drug-likeness (QED) is 0.244. The van der Waals surface area contributed by atoms with E-state index in [1.54, 1.807) is 31.2 Å². The van der Waals surface area contributed by atoms with Gasteiger partial charge in [-0.3, -0.25) is 9.59 Å². The summed E-state index contributed by atoms with van der Waals surface area (Å²) < 4.78 is 77.0. The second-order valence-corrected chi connectivity index (χ2v) is 12.9. The molecule has 224 valence electrons. The van der Waals surface area contributed by atoms with E-state index in [1.807, 2.05) is 0 Å². The Morgan fingerprint density at radius 3 is 2.33 bits per heavy atom. The molecule has 1 saturated carbocycles. The van der Waals surface area contributed by atoms with E-state index in [1.165, 1.54) is 4.31 Å². The number of nitrogens with one attached hydrogen (secondary N) is 1. The predicted molar refractivity (Wildman–Crippen MR) is 155 cm³/mol. The third-order valence-corrected chi connectivity index (χ3v) is 9.49. The molecule has 0 unspecified atom stereocenters. The van der Waals surface area contributed by atoms with E-state index in [0.717, 1.165) is 40.9 Å². The molecule has 1 N–H and O–H groups in total. The van der Waals surface area contributed by atoms with Gasteiger partial charge in [0.15, 0.2) is 11.6 Å². The fraction of sp³-hybridized carbons (Fsp3) is 0.333. The molecule has 1 aliphatic carbocycles. The zero-order chi connectivity index (χ0) is 30.4. The molecule has 0 atom stereocenters. The summed E-state index contributed by atoms with van der Waals surface area (Å²) in [6.45, 7) is 2.06. The van der Waals surface area contributed by atoms with Crippen LogP contribution in [0.2, 0.25) is 0 Å². The zero-order valence-electron chi connectivity index (χ0n) is 22.8. The molecule has 0 radical (unpaired) electrons. The second kappa shape index (κ2) is 13.8. The van der Waals surface area contributed by atoms with Crippen molar-refractivity contribution in [3.63, 3.8) is 0 Å². The average Bonchev–Trinajstić information content (AvgIpc) is 2.95. The minimum Gasteiger partial charge on any atom is -0.466 e. The van der Waals surface area contributed by atoms with Crippen LogP contribution in [0.15, 0.2) is 70.0 Å². The number of carbonyl (C=O) groups excluding carboxylic acids is 2. The molecule has 0 bridgehead atoms. The van der Waals surface area contributed by atoms with Crippen molar-refractivity contribution in [1.29, 1.82) is 0 Å². The number of hydrogen-bond acceptors (Lipinski definition) is 5. The molecule has 7 nitrogen and oxygen atoms in total. The number of sulfonamides is 1. The van der Waals surface area contributed by atoms with Gasteiger partial charge in [-0.2, -0.15) is 4.31 Å². The summed E-state index contributed by atoms with van der Waals surface area (Å²) in [4.78, 5) is 24.3. The summed E-state index contributed by atoms with van der Waals surface area (Å²) in [6, 6.07) is 12.8. The number of benzene rings is 3. The van der Waals surface area contributed by atoms with Crippen LogP contribution in [0.3, 0.4) is 0 Å². The number of rotatable bonds is 10. The van der Waals surface area contributed by atoms with Crippen LogP contribution in [0, 0.1) is 29.3 Å². The number of nitrogens with zero attached hydrogens (tertiary/aromatic N) is 1. The van der Waals surface area contributed by atoms with Crippen molar-refractivity contribution in [3.05, 3.63) is 93.7 Å². The van der Waals surface area contributed by atoms with Gasteiger partial charge in [-0.15, -0.1) is 0 Å². The van der Waals surface area contributed by atoms with E-state index in [4.69, 9.17) is 4.74 Å². The van der Waals surface area contributed by atoms with E-state index in [2.05, 4.69) is 21.2 Å². The standard InChI is InChI=1S/C30H30BrF3N2O5S/c1-2-41-30(38)21-8-6-19(7-9-21)17-36(18-20-4-3-5-23(31)14-20)42(39,40)28-15-22(10-12-26(28)33)29(37)35-24-11-13-25(32)27(34)16-24/h3-5,10-16,19,21H,2,6-9,17-18H2,1H3,(H,35,37). The van der Waals surface area contributed by atoms with Crippen molar-refractivity contribution in [3.8, 4) is 0 Å². The van der Waals surface area contributed by atoms with Gasteiger partial charge in [0.05, 0.1) is 12.5 Å². The van der Waals surface area contributed by atoms with Crippen LogP contribution in [-0.2, 0) is 26.1 Å². The van der Waals surface area contributed by atoms with Gasteiger partial charge in [0, 0.05) is 34.9 Å². The Morgan fingerprint density at radius 2 is 1.67 bits per heavy atom. The molecule has 12 heteroatoms. The fourth-order valence-corrected chi connectivity index (χ4v) is 7.02. The zero-order valence-corrected chi connectivity index (χ0v) is 25.2. The highest BCUT2D eigenvalue weighted by Crippen LogP contribution is 2.33. The molecule has 4 rings (SSSR count). The van der Waals surface area contributed by atoms with Crippen LogP contribution < -0.4 is 5.32 Å². The van der Waals surface area contributed by atoms with Gasteiger partial charge < -0.3 is 10.1 Å². The lowest BCUT2D eigenvalue weighted by atomic mass is 9.82. The van der Waals surface area contributed by atoms with Crippen LogP contribution in [0.4, 0.5) is 18.9 Å². The van der Waals surface area contributed by atoms with Crippen LogP contribution in [0.25, 0.3) is 0 Å². The second-order valence-electron chi connectivity index (χ2n) is 10.1. The molecule has 0 aromatic heterocycles. The molecule has 0 aliphatic heterocycles. The summed E-state index contributed by atoms with van der Waals surface area (Å²) >= 11 is 3.39. The Morgan fingerprint density at radius 1 is 0.952 bits per heavy atom. The molecular formula is C30H30BrF3N2O5S. The van der Waals surface area contributed by atoms with Gasteiger partial charge in [-0.25, -0.2) is 21.6 Å². The van der Waals surface area contributed by atoms with Gasteiger partial charge in [0.2, 0.25) is 10.0 Å². The van der Waals surface area contributed by atoms with E-state index in [-0.39, 0.29) is 42.1 Å². The maximum Gasteiger partial charge on any atom is 0.308 e. The van der Waals surface area contributed by atoms with E-state index in [0.29, 0.717) is 37.9 Å². The molecule has 3 aromatic rings. The van der Waals surface area contributed by atoms with E-state index < -0.39 is 38.3 Å². The molecule has 0 saturated heterocycles. The topological polar surface area (TPSA) is 92.8 Å². The smallest absolute Gasteiger partial charge is 0.308 e. The first kappa shape index (κ1) is 31.7. The van der Waals surface area contributed by atoms with Gasteiger partial charge in [-0.1, -0.05) is 28.1 Å². The largest absolute Gasteiger partial charge is 0.466 e. The van der Waals surface area contributed by atoms with Crippen molar-refractivity contribution in [1.82, 2.24) is 4.31 Å². The predicted octanol–water partition coefficient (Wildman–Crippen LogP) is 6.68. The lowest BCUT2D eigenvalue weighted by Crippen LogP contribution is -2.37. The highest BCUT2D eigenvalue weighted by atomic mass is 79.9. The molecule has 1 amide bonds. The Balaban J connectivity index is 1.60. The van der Waals surface area contributed by atoms with Gasteiger partial charge in [-0.05, 0) is 86.6 Å². The minimum absolute atomic E-state index is 0.0513. The average molecular weight is 668 g/mol. The Hall–Kier alpha value is -3.22. The monoisotopic (exact) mass is 666 g/mol. The molecular weight excluding hydrogens is 637 g/mol. The number of esters is 1. The Bertz CT molecular complexity index is 1560. The molecule has 0 heterocycles. The number of anilines is 1. The number of hydrogen-bond donors (Lipinski definition) is 1. The van der Waals surface area contributed by atoms with Crippen molar-refractivity contribution in [2.24, 2.45) is 11.8 Å². The van der Waals surface area contributed by atoms with Crippen molar-refractivity contribution < 1.29 is 35.9 Å². The highest BCUT2D eigenvalue weighted by Gasteiger charge is 2.34. The number of carbonyl (C=O) groups is 2. The first-order chi connectivity index (χ1) is 20.0. The fourth-order valence-electron chi connectivity index (χ4n) is 4.97. The van der Waals surface area contributed by atoms with Gasteiger partial charge in [0.25, 0.3) is 5.91 Å². The molecule has 1 aliphatic rings. The third-order valence-electron chi connectivity index (χ3n) is 7.17. The summed E-state index contributed by atoms with van der Waals surface area (Å²) in [5, 5.41) is 2.37. The molecule has 3 aromatic carbocycles. The maximum absolute atomic E-state index is 15.1. The Kier molecular flexibility index (Phi) is 10.4. The SMILES string of the molecule is CCOC(=O)C1CCC(CN(Cc2cccc(Br)c2)S(=O)(=O)c2cc(C(=O)Nc3ccc(F)c(F)c3)ccc2F)CC1. The summed E-state index contributed by atoms with van der Waals surface area (Å²) in [6.07, 6.45) is 2.30. The summed E-state index contributed by atoms with van der Waals surface area (Å²) in [5.74, 6) is -4.70. The first-order valence-electron chi connectivity index (χ1n) is 13.4. The molecule has 1 fully saturated rings. The van der Waals surface area contributed by atoms with E-state index in [9.17, 15) is 26.8 Å². The summed E-state index contributed by atoms with van der Waals surface area (Å²) in [5.41, 5.74) is 0.431. The highest BCUT2D eigenvalue weighted by molar-refractivity contribution is 9.10. The van der Waals surface area contributed by atoms with E-state index >= 15 is 4.39 Å². The van der Waals surface area contributed by atoms with Crippen LogP contribution in [0.1, 0.15) is 48.5 Å². The van der Waals surface area contributed by atoms with Crippen molar-refractivity contribution >= 4 is 43.5 Å². The minimum atomic E-state index is -4.46. The van der Waals surface area contributed by atoms with Crippen LogP contribution >= 0.6 is 15.9 Å². The molecule has 0 spiro atoms. The molecule has 42 heavy (non-hydrogen) atoms. The lowest BCUT2D eigenvalue weighted by molar-refractivity contribution is -0.149. The maximum atomic E-state index is 15.1. The number of halogens is 4. The first-order valence-corrected chi connectivity index (χ1v) is 15.7. The van der Waals surface area contributed by atoms with Crippen molar-refractivity contribution in [2.45, 2.75) is 44.0 Å². The van der Waals surface area contributed by atoms with Crippen molar-refractivity contribution in [2.75, 3.05) is 18.5 Å². The number of amides is 1. The van der Waals surface area contributed by atoms with Crippen LogP contribution in [-0.4, -0.2) is 37.8 Å². The Labute approximate surface area is 251 Å². The summed E-state index contributed by atoms with van der Waals surface area (Å²) in [7, 11) is -4.46. The van der Waals surface area contributed by atoms with Gasteiger partial charge in [0.1, 0.15) is 10.7 Å². The van der Waals surface area contributed by atoms with Crippen LogP contribution in [0.5, 0.6) is 0 Å². The van der Waals surface area contributed by atoms with Gasteiger partial charge >= 0.3 is 5.97 Å².